The monoisotopic (exact) mass is 209 g/mol. The van der Waals surface area contributed by atoms with Crippen LogP contribution in [0.1, 0.15) is 43.4 Å². The lowest BCUT2D eigenvalue weighted by Crippen LogP contribution is -2.21. The van der Waals surface area contributed by atoms with Gasteiger partial charge in [-0.25, -0.2) is 0 Å². The minimum Gasteiger partial charge on any atom is -0.310 e. The van der Waals surface area contributed by atoms with E-state index in [0.717, 1.165) is 12.5 Å². The van der Waals surface area contributed by atoms with Gasteiger partial charge in [-0.2, -0.15) is 11.3 Å². The molecule has 0 bridgehead atoms. The van der Waals surface area contributed by atoms with E-state index in [4.69, 9.17) is 0 Å². The fourth-order valence-electron chi connectivity index (χ4n) is 1.98. The predicted molar refractivity (Wildman–Crippen MR) is 62.8 cm³/mol. The maximum atomic E-state index is 3.60. The molecule has 1 N–H and O–H groups in total. The molecule has 0 aromatic carbocycles. The van der Waals surface area contributed by atoms with Gasteiger partial charge >= 0.3 is 0 Å². The molecule has 0 radical (unpaired) electrons. The van der Waals surface area contributed by atoms with E-state index >= 15 is 0 Å². The molecule has 1 heterocycles. The second kappa shape index (κ2) is 4.45. The first kappa shape index (κ1) is 10.2. The Hall–Kier alpha value is -0.340. The molecule has 1 atom stereocenters. The minimum atomic E-state index is 0.610. The van der Waals surface area contributed by atoms with Gasteiger partial charge in [0.15, 0.2) is 0 Å². The molecule has 14 heavy (non-hydrogen) atoms. The number of aryl methyl sites for hydroxylation is 1. The van der Waals surface area contributed by atoms with Crippen molar-refractivity contribution in [2.45, 2.75) is 39.2 Å². The average molecular weight is 209 g/mol. The molecule has 0 amide bonds. The SMILES string of the molecule is CCNC(CC1CC1)c1cscc1C. The summed E-state index contributed by atoms with van der Waals surface area (Å²) in [4.78, 5) is 0. The van der Waals surface area contributed by atoms with Crippen molar-refractivity contribution in [3.05, 3.63) is 21.9 Å². The molecule has 1 aromatic rings. The van der Waals surface area contributed by atoms with Gasteiger partial charge < -0.3 is 5.32 Å². The second-order valence-electron chi connectivity index (χ2n) is 4.30. The Kier molecular flexibility index (Phi) is 3.24. The summed E-state index contributed by atoms with van der Waals surface area (Å²) < 4.78 is 0. The summed E-state index contributed by atoms with van der Waals surface area (Å²) in [5.41, 5.74) is 2.99. The Labute approximate surface area is 90.5 Å². The summed E-state index contributed by atoms with van der Waals surface area (Å²) in [5.74, 6) is 0.998. The predicted octanol–water partition coefficient (Wildman–Crippen LogP) is 3.51. The number of hydrogen-bond acceptors (Lipinski definition) is 2. The molecular weight excluding hydrogens is 190 g/mol. The minimum absolute atomic E-state index is 0.610. The van der Waals surface area contributed by atoms with Gasteiger partial charge in [-0.15, -0.1) is 0 Å². The van der Waals surface area contributed by atoms with Gasteiger partial charge in [0.2, 0.25) is 0 Å². The molecule has 2 heteroatoms. The van der Waals surface area contributed by atoms with Crippen LogP contribution in [0.4, 0.5) is 0 Å². The second-order valence-corrected chi connectivity index (χ2v) is 5.04. The maximum Gasteiger partial charge on any atom is 0.0333 e. The molecule has 1 unspecified atom stereocenters. The van der Waals surface area contributed by atoms with Crippen molar-refractivity contribution in [1.82, 2.24) is 5.32 Å². The highest BCUT2D eigenvalue weighted by Crippen LogP contribution is 2.38. The lowest BCUT2D eigenvalue weighted by Gasteiger charge is -2.17. The van der Waals surface area contributed by atoms with E-state index < -0.39 is 0 Å². The molecule has 1 aromatic heterocycles. The van der Waals surface area contributed by atoms with Crippen LogP contribution in [0.3, 0.4) is 0 Å². The van der Waals surface area contributed by atoms with Crippen molar-refractivity contribution >= 4 is 11.3 Å². The van der Waals surface area contributed by atoms with Gasteiger partial charge in [0, 0.05) is 6.04 Å². The molecular formula is C12H19NS. The number of nitrogens with one attached hydrogen (secondary N) is 1. The Morgan fingerprint density at radius 3 is 2.79 bits per heavy atom. The number of rotatable bonds is 5. The third kappa shape index (κ3) is 2.37. The van der Waals surface area contributed by atoms with Crippen molar-refractivity contribution < 1.29 is 0 Å². The summed E-state index contributed by atoms with van der Waals surface area (Å²) >= 11 is 1.83. The van der Waals surface area contributed by atoms with Crippen LogP contribution in [0, 0.1) is 12.8 Å². The lowest BCUT2D eigenvalue weighted by molar-refractivity contribution is 0.486. The van der Waals surface area contributed by atoms with Crippen LogP contribution in [0.2, 0.25) is 0 Å². The molecule has 1 fully saturated rings. The van der Waals surface area contributed by atoms with E-state index in [-0.39, 0.29) is 0 Å². The summed E-state index contributed by atoms with van der Waals surface area (Å²) in [5, 5.41) is 8.17. The van der Waals surface area contributed by atoms with Crippen molar-refractivity contribution in [2.24, 2.45) is 5.92 Å². The zero-order chi connectivity index (χ0) is 9.97. The molecule has 1 nitrogen and oxygen atoms in total. The normalized spacial score (nSPS) is 18.4. The highest BCUT2D eigenvalue weighted by atomic mass is 32.1. The number of hydrogen-bond donors (Lipinski definition) is 1. The van der Waals surface area contributed by atoms with Crippen molar-refractivity contribution in [2.75, 3.05) is 6.54 Å². The Morgan fingerprint density at radius 1 is 1.50 bits per heavy atom. The molecule has 2 rings (SSSR count). The molecule has 1 saturated carbocycles. The third-order valence-corrected chi connectivity index (χ3v) is 3.87. The first-order valence-corrected chi connectivity index (χ1v) is 6.51. The fourth-order valence-corrected chi connectivity index (χ4v) is 2.89. The maximum absolute atomic E-state index is 3.60. The summed E-state index contributed by atoms with van der Waals surface area (Å²) in [7, 11) is 0. The van der Waals surface area contributed by atoms with Crippen LogP contribution in [-0.4, -0.2) is 6.54 Å². The Balaban J connectivity index is 2.04. The van der Waals surface area contributed by atoms with Gasteiger partial charge in [0.25, 0.3) is 0 Å². The Bertz CT molecular complexity index is 288. The summed E-state index contributed by atoms with van der Waals surface area (Å²) in [6.45, 7) is 5.50. The number of thiophene rings is 1. The van der Waals surface area contributed by atoms with Crippen molar-refractivity contribution in [3.8, 4) is 0 Å². The molecule has 78 valence electrons. The quantitative estimate of drug-likeness (QED) is 0.782. The van der Waals surface area contributed by atoms with Crippen LogP contribution >= 0.6 is 11.3 Å². The highest BCUT2D eigenvalue weighted by Gasteiger charge is 2.26. The van der Waals surface area contributed by atoms with Gasteiger partial charge in [-0.05, 0) is 47.7 Å². The summed E-state index contributed by atoms with van der Waals surface area (Å²) in [6.07, 6.45) is 4.24. The molecule has 0 saturated heterocycles. The zero-order valence-corrected chi connectivity index (χ0v) is 9.86. The van der Waals surface area contributed by atoms with Crippen LogP contribution in [0.15, 0.2) is 10.8 Å². The molecule has 1 aliphatic rings. The van der Waals surface area contributed by atoms with E-state index in [2.05, 4.69) is 29.9 Å². The van der Waals surface area contributed by atoms with Crippen LogP contribution < -0.4 is 5.32 Å². The van der Waals surface area contributed by atoms with E-state index in [1.54, 1.807) is 0 Å². The third-order valence-electron chi connectivity index (χ3n) is 2.99. The first-order chi connectivity index (χ1) is 6.81. The van der Waals surface area contributed by atoms with Gasteiger partial charge in [0.1, 0.15) is 0 Å². The molecule has 0 spiro atoms. The molecule has 0 aliphatic heterocycles. The van der Waals surface area contributed by atoms with Crippen LogP contribution in [0.5, 0.6) is 0 Å². The fraction of sp³-hybridized carbons (Fsp3) is 0.667. The lowest BCUT2D eigenvalue weighted by atomic mass is 10.0. The van der Waals surface area contributed by atoms with Crippen molar-refractivity contribution in [3.63, 3.8) is 0 Å². The summed E-state index contributed by atoms with van der Waals surface area (Å²) in [6, 6.07) is 0.610. The standard InChI is InChI=1S/C12H19NS/c1-3-13-12(6-10-4-5-10)11-8-14-7-9(11)2/h7-8,10,12-13H,3-6H2,1-2H3. The first-order valence-electron chi connectivity index (χ1n) is 5.57. The average Bonchev–Trinajstić information content (AvgIpc) is 2.87. The van der Waals surface area contributed by atoms with Gasteiger partial charge in [-0.3, -0.25) is 0 Å². The van der Waals surface area contributed by atoms with Crippen LogP contribution in [0.25, 0.3) is 0 Å². The largest absolute Gasteiger partial charge is 0.310 e. The van der Waals surface area contributed by atoms with E-state index in [1.165, 1.54) is 30.4 Å². The van der Waals surface area contributed by atoms with E-state index in [1.807, 2.05) is 11.3 Å². The molecule has 1 aliphatic carbocycles. The van der Waals surface area contributed by atoms with E-state index in [0.29, 0.717) is 6.04 Å². The zero-order valence-electron chi connectivity index (χ0n) is 9.05. The smallest absolute Gasteiger partial charge is 0.0333 e. The highest BCUT2D eigenvalue weighted by molar-refractivity contribution is 7.08. The topological polar surface area (TPSA) is 12.0 Å². The van der Waals surface area contributed by atoms with Gasteiger partial charge in [0.05, 0.1) is 0 Å². The van der Waals surface area contributed by atoms with Crippen molar-refractivity contribution in [1.29, 1.82) is 0 Å². The van der Waals surface area contributed by atoms with E-state index in [9.17, 15) is 0 Å². The van der Waals surface area contributed by atoms with Gasteiger partial charge in [-0.1, -0.05) is 19.8 Å². The Morgan fingerprint density at radius 2 is 2.29 bits per heavy atom. The van der Waals surface area contributed by atoms with Crippen LogP contribution in [-0.2, 0) is 0 Å².